The summed E-state index contributed by atoms with van der Waals surface area (Å²) in [5.74, 6) is 1.58. The van der Waals surface area contributed by atoms with Crippen LogP contribution in [0.3, 0.4) is 0 Å². The second-order valence-electron chi connectivity index (χ2n) is 6.30. The lowest BCUT2D eigenvalue weighted by Crippen LogP contribution is -2.42. The predicted octanol–water partition coefficient (Wildman–Crippen LogP) is 0.514. The highest BCUT2D eigenvalue weighted by atomic mass is 16.5. The molecule has 1 saturated heterocycles. The smallest absolute Gasteiger partial charge is 0.223 e. The molecule has 2 aliphatic heterocycles. The number of nitrogens with one attached hydrogen (secondary N) is 1. The van der Waals surface area contributed by atoms with Gasteiger partial charge in [0, 0.05) is 31.7 Å². The molecule has 21 heavy (non-hydrogen) atoms. The Balaban J connectivity index is 1.39. The number of hydrogen-bond acceptors (Lipinski definition) is 4. The van der Waals surface area contributed by atoms with Crippen LogP contribution < -0.4 is 5.32 Å². The molecule has 2 fully saturated rings. The standard InChI is InChI=1S/C15H22N4O2/c20-15(11-1-2-11)17-8-13-7-16-14-9-18(4-5-19(13)14)12-3-6-21-10-12/h7,11-12H,1-6,8-10H2,(H,17,20)/t12-/m0/s1. The highest BCUT2D eigenvalue weighted by molar-refractivity contribution is 5.80. The van der Waals surface area contributed by atoms with Gasteiger partial charge in [-0.1, -0.05) is 0 Å². The van der Waals surface area contributed by atoms with E-state index in [0.29, 0.717) is 12.6 Å². The molecular formula is C15H22N4O2. The lowest BCUT2D eigenvalue weighted by Gasteiger charge is -2.32. The van der Waals surface area contributed by atoms with Gasteiger partial charge in [0.25, 0.3) is 0 Å². The minimum Gasteiger partial charge on any atom is -0.380 e. The number of ether oxygens (including phenoxy) is 1. The molecule has 1 aliphatic carbocycles. The molecule has 1 aromatic rings. The van der Waals surface area contributed by atoms with E-state index in [1.54, 1.807) is 0 Å². The van der Waals surface area contributed by atoms with E-state index >= 15 is 0 Å². The van der Waals surface area contributed by atoms with Gasteiger partial charge in [0.05, 0.1) is 31.6 Å². The molecule has 1 aromatic heterocycles. The number of nitrogens with zero attached hydrogens (tertiary/aromatic N) is 3. The minimum atomic E-state index is 0.200. The number of carbonyl (C=O) groups excluding carboxylic acids is 1. The fourth-order valence-corrected chi connectivity index (χ4v) is 3.27. The maximum Gasteiger partial charge on any atom is 0.223 e. The van der Waals surface area contributed by atoms with Crippen LogP contribution in [0, 0.1) is 5.92 Å². The Morgan fingerprint density at radius 2 is 2.29 bits per heavy atom. The van der Waals surface area contributed by atoms with Crippen molar-refractivity contribution in [1.82, 2.24) is 19.8 Å². The highest BCUT2D eigenvalue weighted by Crippen LogP contribution is 2.29. The molecule has 6 heteroatoms. The molecular weight excluding hydrogens is 268 g/mol. The van der Waals surface area contributed by atoms with Gasteiger partial charge in [-0.05, 0) is 19.3 Å². The predicted molar refractivity (Wildman–Crippen MR) is 76.4 cm³/mol. The molecule has 0 radical (unpaired) electrons. The Kier molecular flexibility index (Phi) is 3.43. The second kappa shape index (κ2) is 5.42. The van der Waals surface area contributed by atoms with E-state index in [4.69, 9.17) is 4.74 Å². The molecule has 1 saturated carbocycles. The van der Waals surface area contributed by atoms with Crippen LogP contribution in [0.2, 0.25) is 0 Å². The summed E-state index contributed by atoms with van der Waals surface area (Å²) in [4.78, 5) is 18.8. The van der Waals surface area contributed by atoms with Gasteiger partial charge < -0.3 is 14.6 Å². The minimum absolute atomic E-state index is 0.200. The van der Waals surface area contributed by atoms with E-state index in [9.17, 15) is 4.79 Å². The zero-order valence-corrected chi connectivity index (χ0v) is 12.3. The molecule has 1 amide bonds. The summed E-state index contributed by atoms with van der Waals surface area (Å²) in [7, 11) is 0. The third-order valence-electron chi connectivity index (χ3n) is 4.79. The Morgan fingerprint density at radius 3 is 3.05 bits per heavy atom. The first-order chi connectivity index (χ1) is 10.3. The quantitative estimate of drug-likeness (QED) is 0.878. The number of hydrogen-bond donors (Lipinski definition) is 1. The topological polar surface area (TPSA) is 59.4 Å². The fourth-order valence-electron chi connectivity index (χ4n) is 3.27. The number of amides is 1. The average molecular weight is 290 g/mol. The van der Waals surface area contributed by atoms with Crippen LogP contribution >= 0.6 is 0 Å². The SMILES string of the molecule is O=C(NCc1cnc2n1CCN([C@H]1CCOC1)C2)C1CC1. The molecule has 0 aromatic carbocycles. The first kappa shape index (κ1) is 13.3. The molecule has 0 spiro atoms. The number of aromatic nitrogens is 2. The van der Waals surface area contributed by atoms with Crippen molar-refractivity contribution in [3.63, 3.8) is 0 Å². The summed E-state index contributed by atoms with van der Waals surface area (Å²) in [5, 5.41) is 3.03. The molecule has 6 nitrogen and oxygen atoms in total. The number of rotatable bonds is 4. The van der Waals surface area contributed by atoms with Gasteiger partial charge in [-0.15, -0.1) is 0 Å². The lowest BCUT2D eigenvalue weighted by molar-refractivity contribution is -0.122. The second-order valence-corrected chi connectivity index (χ2v) is 6.30. The van der Waals surface area contributed by atoms with Crippen LogP contribution in [0.5, 0.6) is 0 Å². The van der Waals surface area contributed by atoms with Crippen LogP contribution in [-0.4, -0.2) is 46.2 Å². The van der Waals surface area contributed by atoms with E-state index in [1.807, 2.05) is 6.20 Å². The Morgan fingerprint density at radius 1 is 1.38 bits per heavy atom. The summed E-state index contributed by atoms with van der Waals surface area (Å²) in [5.41, 5.74) is 1.13. The van der Waals surface area contributed by atoms with Crippen LogP contribution in [0.1, 0.15) is 30.8 Å². The first-order valence-electron chi connectivity index (χ1n) is 7.94. The molecule has 1 atom stereocenters. The Bertz CT molecular complexity index is 532. The van der Waals surface area contributed by atoms with Gasteiger partial charge in [-0.2, -0.15) is 0 Å². The van der Waals surface area contributed by atoms with E-state index in [1.165, 1.54) is 0 Å². The van der Waals surface area contributed by atoms with Crippen LogP contribution in [0.15, 0.2) is 6.20 Å². The zero-order chi connectivity index (χ0) is 14.2. The van der Waals surface area contributed by atoms with Crippen molar-refractivity contribution in [3.8, 4) is 0 Å². The number of fused-ring (bicyclic) bond motifs is 1. The average Bonchev–Trinajstić information content (AvgIpc) is 3.07. The van der Waals surface area contributed by atoms with Gasteiger partial charge in [0.1, 0.15) is 5.82 Å². The van der Waals surface area contributed by atoms with Crippen molar-refractivity contribution in [2.24, 2.45) is 5.92 Å². The monoisotopic (exact) mass is 290 g/mol. The molecule has 3 aliphatic rings. The summed E-state index contributed by atoms with van der Waals surface area (Å²) < 4.78 is 7.74. The Labute approximate surface area is 124 Å². The third-order valence-corrected chi connectivity index (χ3v) is 4.79. The van der Waals surface area contributed by atoms with E-state index in [0.717, 1.165) is 63.6 Å². The van der Waals surface area contributed by atoms with Crippen molar-refractivity contribution in [2.75, 3.05) is 19.8 Å². The molecule has 3 heterocycles. The largest absolute Gasteiger partial charge is 0.380 e. The lowest BCUT2D eigenvalue weighted by atomic mass is 10.2. The van der Waals surface area contributed by atoms with Crippen molar-refractivity contribution in [2.45, 2.75) is 44.9 Å². The van der Waals surface area contributed by atoms with E-state index in [-0.39, 0.29) is 11.8 Å². The highest BCUT2D eigenvalue weighted by Gasteiger charge is 2.30. The molecule has 4 rings (SSSR count). The van der Waals surface area contributed by atoms with Crippen LogP contribution in [0.4, 0.5) is 0 Å². The van der Waals surface area contributed by atoms with Crippen LogP contribution in [-0.2, 0) is 29.2 Å². The zero-order valence-electron chi connectivity index (χ0n) is 12.3. The summed E-state index contributed by atoms with van der Waals surface area (Å²) in [6, 6.07) is 0.550. The van der Waals surface area contributed by atoms with E-state index in [2.05, 4.69) is 19.8 Å². The molecule has 114 valence electrons. The van der Waals surface area contributed by atoms with E-state index < -0.39 is 0 Å². The van der Waals surface area contributed by atoms with Crippen molar-refractivity contribution >= 4 is 5.91 Å². The maximum absolute atomic E-state index is 11.7. The van der Waals surface area contributed by atoms with Crippen LogP contribution in [0.25, 0.3) is 0 Å². The summed E-state index contributed by atoms with van der Waals surface area (Å²) in [6.45, 7) is 5.24. The normalized spacial score (nSPS) is 25.8. The van der Waals surface area contributed by atoms with Gasteiger partial charge in [0.2, 0.25) is 5.91 Å². The Hall–Kier alpha value is -1.40. The number of imidazole rings is 1. The molecule has 1 N–H and O–H groups in total. The van der Waals surface area contributed by atoms with Crippen molar-refractivity contribution < 1.29 is 9.53 Å². The van der Waals surface area contributed by atoms with Gasteiger partial charge >= 0.3 is 0 Å². The van der Waals surface area contributed by atoms with Crippen molar-refractivity contribution in [3.05, 3.63) is 17.7 Å². The number of carbonyl (C=O) groups is 1. The first-order valence-corrected chi connectivity index (χ1v) is 7.94. The summed E-state index contributed by atoms with van der Waals surface area (Å²) >= 11 is 0. The van der Waals surface area contributed by atoms with Gasteiger partial charge in [-0.25, -0.2) is 4.98 Å². The fraction of sp³-hybridized carbons (Fsp3) is 0.733. The third kappa shape index (κ3) is 2.70. The van der Waals surface area contributed by atoms with Gasteiger partial charge in [0.15, 0.2) is 0 Å². The molecule has 0 bridgehead atoms. The van der Waals surface area contributed by atoms with Gasteiger partial charge in [-0.3, -0.25) is 9.69 Å². The van der Waals surface area contributed by atoms with Crippen molar-refractivity contribution in [1.29, 1.82) is 0 Å². The molecule has 0 unspecified atom stereocenters. The summed E-state index contributed by atoms with van der Waals surface area (Å²) in [6.07, 6.45) is 5.14. The maximum atomic E-state index is 11.7.